The van der Waals surface area contributed by atoms with Gasteiger partial charge in [-0.2, -0.15) is 0 Å². The minimum atomic E-state index is -1.12. The van der Waals surface area contributed by atoms with Gasteiger partial charge in [-0.1, -0.05) is 0 Å². The van der Waals surface area contributed by atoms with Crippen molar-refractivity contribution < 1.29 is 29.0 Å². The third-order valence-electron chi connectivity index (χ3n) is 3.24. The summed E-state index contributed by atoms with van der Waals surface area (Å²) in [5, 5.41) is 11.6. The van der Waals surface area contributed by atoms with Crippen LogP contribution in [0.25, 0.3) is 0 Å². The van der Waals surface area contributed by atoms with Crippen LogP contribution >= 0.6 is 0 Å². The van der Waals surface area contributed by atoms with Gasteiger partial charge in [0.1, 0.15) is 18.4 Å². The molecule has 2 N–H and O–H groups in total. The molecule has 114 valence electrons. The van der Waals surface area contributed by atoms with Gasteiger partial charge in [-0.3, -0.25) is 9.59 Å². The summed E-state index contributed by atoms with van der Waals surface area (Å²) in [6.07, 6.45) is 2.01. The molecule has 0 spiro atoms. The van der Waals surface area contributed by atoms with Gasteiger partial charge >= 0.3 is 5.97 Å². The normalized spacial score (nSPS) is 20.4. The molecule has 1 aliphatic rings. The topological polar surface area (TPSA) is 102 Å². The van der Waals surface area contributed by atoms with Crippen molar-refractivity contribution >= 4 is 17.7 Å². The number of methoxy groups -OCH3 is 1. The number of aliphatic carboxylic acids is 1. The Morgan fingerprint density at radius 2 is 2.20 bits per heavy atom. The number of rotatable bonds is 8. The molecule has 20 heavy (non-hydrogen) atoms. The summed E-state index contributed by atoms with van der Waals surface area (Å²) in [6, 6.07) is -1.03. The minimum absolute atomic E-state index is 0.0538. The maximum atomic E-state index is 11.6. The standard InChI is InChI=1S/C13H21NO6/c1-19-5-6-20-8-11(16)14-12(13(17)18)9-3-2-4-10(15)7-9/h9,12H,2-8H2,1H3,(H,14,16)(H,17,18)/t9-,12-/m1/s1. The molecule has 7 heteroatoms. The molecular weight excluding hydrogens is 266 g/mol. The van der Waals surface area contributed by atoms with E-state index in [0.29, 0.717) is 25.9 Å². The van der Waals surface area contributed by atoms with Gasteiger partial charge in [-0.15, -0.1) is 0 Å². The Morgan fingerprint density at radius 1 is 1.45 bits per heavy atom. The largest absolute Gasteiger partial charge is 0.480 e. The Morgan fingerprint density at radius 3 is 2.80 bits per heavy atom. The van der Waals surface area contributed by atoms with Crippen molar-refractivity contribution in [2.24, 2.45) is 5.92 Å². The van der Waals surface area contributed by atoms with Crippen molar-refractivity contribution in [2.45, 2.75) is 31.7 Å². The fraction of sp³-hybridized carbons (Fsp3) is 0.769. The lowest BCUT2D eigenvalue weighted by Gasteiger charge is -2.27. The first kappa shape index (κ1) is 16.6. The van der Waals surface area contributed by atoms with E-state index in [9.17, 15) is 19.5 Å². The fourth-order valence-corrected chi connectivity index (χ4v) is 2.25. The summed E-state index contributed by atoms with van der Waals surface area (Å²) in [6.45, 7) is 0.421. The molecule has 1 rings (SSSR count). The Hall–Kier alpha value is -1.47. The monoisotopic (exact) mass is 287 g/mol. The molecule has 7 nitrogen and oxygen atoms in total. The first-order valence-electron chi connectivity index (χ1n) is 6.65. The molecule has 0 aromatic carbocycles. The Bertz CT molecular complexity index is 357. The minimum Gasteiger partial charge on any atom is -0.480 e. The average Bonchev–Trinajstić information content (AvgIpc) is 2.40. The molecular formula is C13H21NO6. The predicted octanol–water partition coefficient (Wildman–Crippen LogP) is -0.0219. The third kappa shape index (κ3) is 5.66. The van der Waals surface area contributed by atoms with Crippen molar-refractivity contribution in [1.29, 1.82) is 0 Å². The number of ether oxygens (including phenoxy) is 2. The molecule has 1 amide bonds. The molecule has 0 unspecified atom stereocenters. The highest BCUT2D eigenvalue weighted by molar-refractivity contribution is 5.86. The second-order valence-electron chi connectivity index (χ2n) is 4.82. The molecule has 2 atom stereocenters. The van der Waals surface area contributed by atoms with E-state index in [1.165, 1.54) is 7.11 Å². The molecule has 0 aliphatic heterocycles. The first-order chi connectivity index (χ1) is 9.54. The smallest absolute Gasteiger partial charge is 0.326 e. The van der Waals surface area contributed by atoms with E-state index in [0.717, 1.165) is 0 Å². The van der Waals surface area contributed by atoms with Crippen LogP contribution in [0.5, 0.6) is 0 Å². The highest BCUT2D eigenvalue weighted by atomic mass is 16.5. The number of carboxylic acids is 1. The summed E-state index contributed by atoms with van der Waals surface area (Å²) in [5.41, 5.74) is 0. The van der Waals surface area contributed by atoms with Crippen LogP contribution < -0.4 is 5.32 Å². The fourth-order valence-electron chi connectivity index (χ4n) is 2.25. The Balaban J connectivity index is 2.44. The number of amides is 1. The molecule has 0 bridgehead atoms. The van der Waals surface area contributed by atoms with Gasteiger partial charge in [0.15, 0.2) is 0 Å². The number of carboxylic acid groups (broad SMARTS) is 1. The molecule has 0 radical (unpaired) electrons. The number of carbonyl (C=O) groups excluding carboxylic acids is 2. The zero-order valence-electron chi connectivity index (χ0n) is 11.6. The van der Waals surface area contributed by atoms with Crippen LogP contribution in [0.1, 0.15) is 25.7 Å². The molecule has 0 heterocycles. The highest BCUT2D eigenvalue weighted by Crippen LogP contribution is 2.24. The van der Waals surface area contributed by atoms with Gasteiger partial charge in [-0.25, -0.2) is 4.79 Å². The zero-order chi connectivity index (χ0) is 15.0. The number of carbonyl (C=O) groups is 3. The number of ketones is 1. The summed E-state index contributed by atoms with van der Waals surface area (Å²) in [5.74, 6) is -1.89. The van der Waals surface area contributed by atoms with Gasteiger partial charge in [0.25, 0.3) is 0 Å². The second kappa shape index (κ2) is 8.65. The first-order valence-corrected chi connectivity index (χ1v) is 6.65. The Labute approximate surface area is 117 Å². The molecule has 0 aromatic heterocycles. The molecule has 1 fully saturated rings. The summed E-state index contributed by atoms with van der Waals surface area (Å²) in [7, 11) is 1.52. The molecule has 0 saturated heterocycles. The van der Waals surface area contributed by atoms with Crippen LogP contribution in [-0.4, -0.2) is 55.7 Å². The van der Waals surface area contributed by atoms with Crippen molar-refractivity contribution in [3.63, 3.8) is 0 Å². The zero-order valence-corrected chi connectivity index (χ0v) is 11.6. The molecule has 1 saturated carbocycles. The van der Waals surface area contributed by atoms with Gasteiger partial charge in [0.05, 0.1) is 13.2 Å². The number of nitrogens with one attached hydrogen (secondary N) is 1. The van der Waals surface area contributed by atoms with E-state index in [2.05, 4.69) is 5.32 Å². The van der Waals surface area contributed by atoms with Gasteiger partial charge < -0.3 is 19.9 Å². The van der Waals surface area contributed by atoms with Crippen LogP contribution in [0.2, 0.25) is 0 Å². The van der Waals surface area contributed by atoms with Crippen LogP contribution in [0.3, 0.4) is 0 Å². The summed E-state index contributed by atoms with van der Waals surface area (Å²) < 4.78 is 9.79. The number of hydrogen-bond acceptors (Lipinski definition) is 5. The van der Waals surface area contributed by atoms with Gasteiger partial charge in [0.2, 0.25) is 5.91 Å². The highest BCUT2D eigenvalue weighted by Gasteiger charge is 2.33. The van der Waals surface area contributed by atoms with Gasteiger partial charge in [-0.05, 0) is 18.8 Å². The van der Waals surface area contributed by atoms with Crippen LogP contribution in [0.4, 0.5) is 0 Å². The van der Waals surface area contributed by atoms with E-state index in [-0.39, 0.29) is 31.3 Å². The number of Topliss-reactive ketones (excluding diaryl/α,β-unsaturated/α-hetero) is 1. The lowest BCUT2D eigenvalue weighted by Crippen LogP contribution is -2.48. The second-order valence-corrected chi connectivity index (χ2v) is 4.82. The van der Waals surface area contributed by atoms with Crippen molar-refractivity contribution in [3.05, 3.63) is 0 Å². The quantitative estimate of drug-likeness (QED) is 0.608. The van der Waals surface area contributed by atoms with E-state index in [1.807, 2.05) is 0 Å². The van der Waals surface area contributed by atoms with E-state index in [4.69, 9.17) is 9.47 Å². The lowest BCUT2D eigenvalue weighted by atomic mass is 9.83. The Kier molecular flexibility index (Phi) is 7.17. The predicted molar refractivity (Wildman–Crippen MR) is 69.2 cm³/mol. The maximum absolute atomic E-state index is 11.6. The average molecular weight is 287 g/mol. The molecule has 1 aliphatic carbocycles. The van der Waals surface area contributed by atoms with E-state index >= 15 is 0 Å². The van der Waals surface area contributed by atoms with Crippen LogP contribution in [0, 0.1) is 5.92 Å². The summed E-state index contributed by atoms with van der Waals surface area (Å²) >= 11 is 0. The van der Waals surface area contributed by atoms with Crippen molar-refractivity contribution in [2.75, 3.05) is 26.9 Å². The van der Waals surface area contributed by atoms with Gasteiger partial charge in [0, 0.05) is 20.0 Å². The molecule has 0 aromatic rings. The lowest BCUT2D eigenvalue weighted by molar-refractivity contribution is -0.145. The SMILES string of the molecule is COCCOCC(=O)N[C@@H](C(=O)O)[C@@H]1CCCC(=O)C1. The van der Waals surface area contributed by atoms with Crippen molar-refractivity contribution in [1.82, 2.24) is 5.32 Å². The number of hydrogen-bond donors (Lipinski definition) is 2. The van der Waals surface area contributed by atoms with Crippen LogP contribution in [-0.2, 0) is 23.9 Å². The third-order valence-corrected chi connectivity index (χ3v) is 3.24. The van der Waals surface area contributed by atoms with E-state index in [1.54, 1.807) is 0 Å². The van der Waals surface area contributed by atoms with E-state index < -0.39 is 17.9 Å². The maximum Gasteiger partial charge on any atom is 0.326 e. The summed E-state index contributed by atoms with van der Waals surface area (Å²) in [4.78, 5) is 34.2. The van der Waals surface area contributed by atoms with Crippen molar-refractivity contribution in [3.8, 4) is 0 Å². The van der Waals surface area contributed by atoms with Crippen LogP contribution in [0.15, 0.2) is 0 Å².